The highest BCUT2D eigenvalue weighted by Gasteiger charge is 2.36. The third-order valence-corrected chi connectivity index (χ3v) is 1.92. The number of hydrogen-bond donors (Lipinski definition) is 1. The number of aromatic nitrogens is 1. The largest absolute Gasteiger partial charge is 0.573 e. The van der Waals surface area contributed by atoms with Gasteiger partial charge in [0.25, 0.3) is 6.43 Å². The fourth-order valence-corrected chi connectivity index (χ4v) is 1.27. The second-order valence-electron chi connectivity index (χ2n) is 3.10. The molecule has 0 aromatic carbocycles. The topological polar surface area (TPSA) is 85.5 Å². The standard InChI is InChI=1S/C8H5F5N2O4/c9-7(10)5-6(15(17)18)3(2-16)4(1-14-5)19-8(11,12)13/h1,7,16H,2H2. The Morgan fingerprint density at radius 1 is 1.47 bits per heavy atom. The zero-order valence-corrected chi connectivity index (χ0v) is 8.82. The van der Waals surface area contributed by atoms with Crippen molar-refractivity contribution in [2.45, 2.75) is 19.4 Å². The van der Waals surface area contributed by atoms with Crippen LogP contribution >= 0.6 is 0 Å². The number of ether oxygens (including phenoxy) is 1. The van der Waals surface area contributed by atoms with Crippen molar-refractivity contribution in [3.8, 4) is 5.75 Å². The third kappa shape index (κ3) is 3.47. The zero-order valence-electron chi connectivity index (χ0n) is 8.82. The maximum absolute atomic E-state index is 12.5. The van der Waals surface area contributed by atoms with E-state index in [2.05, 4.69) is 9.72 Å². The van der Waals surface area contributed by atoms with Crippen molar-refractivity contribution in [1.29, 1.82) is 0 Å². The summed E-state index contributed by atoms with van der Waals surface area (Å²) in [6, 6.07) is 0. The number of aliphatic hydroxyl groups is 1. The van der Waals surface area contributed by atoms with Crippen LogP contribution in [0.2, 0.25) is 0 Å². The quantitative estimate of drug-likeness (QED) is 0.522. The Hall–Kier alpha value is -2.04. The average Bonchev–Trinajstić information content (AvgIpc) is 2.25. The molecule has 106 valence electrons. The van der Waals surface area contributed by atoms with E-state index in [0.717, 1.165) is 0 Å². The molecule has 0 aliphatic heterocycles. The summed E-state index contributed by atoms with van der Waals surface area (Å²) >= 11 is 0. The van der Waals surface area contributed by atoms with Crippen LogP contribution in [0.15, 0.2) is 6.20 Å². The zero-order chi connectivity index (χ0) is 14.8. The van der Waals surface area contributed by atoms with Crippen LogP contribution in [0.4, 0.5) is 27.6 Å². The van der Waals surface area contributed by atoms with Gasteiger partial charge >= 0.3 is 12.0 Å². The minimum absolute atomic E-state index is 0.244. The molecule has 0 spiro atoms. The van der Waals surface area contributed by atoms with Gasteiger partial charge in [-0.15, -0.1) is 13.2 Å². The molecule has 0 aliphatic rings. The lowest BCUT2D eigenvalue weighted by molar-refractivity contribution is -0.387. The molecule has 11 heteroatoms. The van der Waals surface area contributed by atoms with Crippen LogP contribution in [0.5, 0.6) is 5.75 Å². The molecule has 0 saturated heterocycles. The normalized spacial score (nSPS) is 11.7. The minimum atomic E-state index is -5.20. The van der Waals surface area contributed by atoms with Gasteiger partial charge in [-0.2, -0.15) is 0 Å². The van der Waals surface area contributed by atoms with Crippen LogP contribution in [0.25, 0.3) is 0 Å². The molecule has 19 heavy (non-hydrogen) atoms. The summed E-state index contributed by atoms with van der Waals surface area (Å²) in [6.45, 7) is -1.29. The SMILES string of the molecule is O=[N+]([O-])c1c(C(F)F)ncc(OC(F)(F)F)c1CO. The summed E-state index contributed by atoms with van der Waals surface area (Å²) in [6.07, 6.45) is -8.34. The van der Waals surface area contributed by atoms with E-state index in [-0.39, 0.29) is 6.20 Å². The fraction of sp³-hybridized carbons (Fsp3) is 0.375. The molecule has 1 rings (SSSR count). The molecule has 0 fully saturated rings. The highest BCUT2D eigenvalue weighted by molar-refractivity contribution is 5.51. The van der Waals surface area contributed by atoms with Gasteiger partial charge < -0.3 is 9.84 Å². The molecular formula is C8H5F5N2O4. The Balaban J connectivity index is 3.45. The number of aliphatic hydroxyl groups excluding tert-OH is 1. The molecule has 1 N–H and O–H groups in total. The molecule has 1 aromatic rings. The Morgan fingerprint density at radius 3 is 2.42 bits per heavy atom. The van der Waals surface area contributed by atoms with E-state index >= 15 is 0 Å². The van der Waals surface area contributed by atoms with Gasteiger partial charge in [-0.25, -0.2) is 13.8 Å². The summed E-state index contributed by atoms with van der Waals surface area (Å²) in [5.74, 6) is -1.20. The van der Waals surface area contributed by atoms with Crippen molar-refractivity contribution in [3.05, 3.63) is 27.6 Å². The Kier molecular flexibility index (Phi) is 4.19. The van der Waals surface area contributed by atoms with Crippen molar-refractivity contribution < 1.29 is 36.7 Å². The van der Waals surface area contributed by atoms with E-state index in [0.29, 0.717) is 0 Å². The lowest BCUT2D eigenvalue weighted by Crippen LogP contribution is -2.19. The van der Waals surface area contributed by atoms with Gasteiger partial charge in [0.05, 0.1) is 17.7 Å². The summed E-state index contributed by atoms with van der Waals surface area (Å²) in [4.78, 5) is 12.1. The van der Waals surface area contributed by atoms with Gasteiger partial charge in [-0.05, 0) is 0 Å². The first-order valence-electron chi connectivity index (χ1n) is 4.48. The molecule has 0 radical (unpaired) electrons. The van der Waals surface area contributed by atoms with Crippen LogP contribution in [-0.4, -0.2) is 21.4 Å². The predicted octanol–water partition coefficient (Wildman–Crippen LogP) is 2.32. The van der Waals surface area contributed by atoms with Gasteiger partial charge in [-0.1, -0.05) is 0 Å². The smallest absolute Gasteiger partial charge is 0.403 e. The molecule has 0 amide bonds. The van der Waals surface area contributed by atoms with Crippen molar-refractivity contribution in [2.24, 2.45) is 0 Å². The molecule has 0 aliphatic carbocycles. The second kappa shape index (κ2) is 5.30. The van der Waals surface area contributed by atoms with Crippen molar-refractivity contribution in [2.75, 3.05) is 0 Å². The van der Waals surface area contributed by atoms with E-state index in [9.17, 15) is 32.1 Å². The van der Waals surface area contributed by atoms with E-state index < -0.39 is 47.0 Å². The van der Waals surface area contributed by atoms with Gasteiger partial charge in [-0.3, -0.25) is 10.1 Å². The van der Waals surface area contributed by atoms with Crippen LogP contribution in [0.3, 0.4) is 0 Å². The van der Waals surface area contributed by atoms with Gasteiger partial charge in [0, 0.05) is 0 Å². The summed E-state index contributed by atoms with van der Waals surface area (Å²) in [5.41, 5.74) is -3.77. The van der Waals surface area contributed by atoms with Gasteiger partial charge in [0.1, 0.15) is 5.56 Å². The molecule has 0 atom stereocenters. The lowest BCUT2D eigenvalue weighted by atomic mass is 10.1. The Morgan fingerprint density at radius 2 is 2.05 bits per heavy atom. The average molecular weight is 288 g/mol. The van der Waals surface area contributed by atoms with Gasteiger partial charge in [0.15, 0.2) is 11.4 Å². The molecule has 0 bridgehead atoms. The second-order valence-corrected chi connectivity index (χ2v) is 3.10. The number of halogens is 5. The molecule has 0 saturated carbocycles. The van der Waals surface area contributed by atoms with E-state index in [1.54, 1.807) is 0 Å². The van der Waals surface area contributed by atoms with Crippen molar-refractivity contribution in [3.63, 3.8) is 0 Å². The van der Waals surface area contributed by atoms with Crippen LogP contribution in [0, 0.1) is 10.1 Å². The first kappa shape index (κ1) is 15.0. The number of nitrogens with zero attached hydrogens (tertiary/aromatic N) is 2. The molecule has 6 nitrogen and oxygen atoms in total. The highest BCUT2D eigenvalue weighted by atomic mass is 19.4. The Bertz CT molecular complexity index is 491. The summed E-state index contributed by atoms with van der Waals surface area (Å²) in [7, 11) is 0. The highest BCUT2D eigenvalue weighted by Crippen LogP contribution is 2.37. The fourth-order valence-electron chi connectivity index (χ4n) is 1.27. The number of nitro groups is 1. The first-order chi connectivity index (χ1) is 8.67. The van der Waals surface area contributed by atoms with E-state index in [1.807, 2.05) is 0 Å². The van der Waals surface area contributed by atoms with Crippen LogP contribution in [0.1, 0.15) is 17.7 Å². The van der Waals surface area contributed by atoms with Crippen LogP contribution < -0.4 is 4.74 Å². The number of alkyl halides is 5. The summed E-state index contributed by atoms with van der Waals surface area (Å²) in [5, 5.41) is 19.4. The summed E-state index contributed by atoms with van der Waals surface area (Å²) < 4.78 is 64.3. The maximum Gasteiger partial charge on any atom is 0.573 e. The molecule has 1 heterocycles. The van der Waals surface area contributed by atoms with Crippen LogP contribution in [-0.2, 0) is 6.61 Å². The van der Waals surface area contributed by atoms with Gasteiger partial charge in [0.2, 0.25) is 0 Å². The molecular weight excluding hydrogens is 283 g/mol. The first-order valence-corrected chi connectivity index (χ1v) is 4.48. The van der Waals surface area contributed by atoms with Crippen molar-refractivity contribution >= 4 is 5.69 Å². The monoisotopic (exact) mass is 288 g/mol. The number of pyridine rings is 1. The van der Waals surface area contributed by atoms with E-state index in [4.69, 9.17) is 5.11 Å². The third-order valence-electron chi connectivity index (χ3n) is 1.92. The van der Waals surface area contributed by atoms with Crippen molar-refractivity contribution in [1.82, 2.24) is 4.98 Å². The maximum atomic E-state index is 12.5. The number of hydrogen-bond acceptors (Lipinski definition) is 5. The number of rotatable bonds is 4. The lowest BCUT2D eigenvalue weighted by Gasteiger charge is -2.13. The molecule has 1 aromatic heterocycles. The predicted molar refractivity (Wildman–Crippen MR) is 48.5 cm³/mol. The Labute approximate surface area is 101 Å². The van der Waals surface area contributed by atoms with E-state index in [1.165, 1.54) is 0 Å². The minimum Gasteiger partial charge on any atom is -0.403 e. The molecule has 0 unspecified atom stereocenters.